The predicted octanol–water partition coefficient (Wildman–Crippen LogP) is 5.32. The van der Waals surface area contributed by atoms with Gasteiger partial charge in [-0.05, 0) is 55.5 Å². The van der Waals surface area contributed by atoms with Gasteiger partial charge in [0.25, 0.3) is 0 Å². The Hall–Kier alpha value is -2.16. The summed E-state index contributed by atoms with van der Waals surface area (Å²) in [7, 11) is 0. The zero-order chi connectivity index (χ0) is 17.2. The molecule has 0 bridgehead atoms. The van der Waals surface area contributed by atoms with Crippen molar-refractivity contribution in [2.24, 2.45) is 0 Å². The van der Waals surface area contributed by atoms with Crippen LogP contribution >= 0.6 is 0 Å². The van der Waals surface area contributed by atoms with E-state index in [0.29, 0.717) is 11.3 Å². The molecule has 3 heteroatoms. The summed E-state index contributed by atoms with van der Waals surface area (Å²) in [6, 6.07) is 12.4. The van der Waals surface area contributed by atoms with Crippen LogP contribution in [0, 0.1) is 0 Å². The Kier molecular flexibility index (Phi) is 7.47. The second kappa shape index (κ2) is 9.86. The first-order valence-electron chi connectivity index (χ1n) is 8.94. The minimum absolute atomic E-state index is 0.198. The molecule has 3 N–H and O–H groups in total. The Morgan fingerprint density at radius 2 is 1.04 bits per heavy atom. The lowest BCUT2D eigenvalue weighted by molar-refractivity contribution is 0.435. The summed E-state index contributed by atoms with van der Waals surface area (Å²) in [5.41, 5.74) is 1.96. The number of phenolic OH excluding ortho intramolecular Hbond substituents is 3. The fraction of sp³-hybridized carbons (Fsp3) is 0.429. The molecule has 0 amide bonds. The van der Waals surface area contributed by atoms with Gasteiger partial charge in [-0.2, -0.15) is 0 Å². The number of aromatic hydroxyl groups is 3. The Bertz CT molecular complexity index is 585. The van der Waals surface area contributed by atoms with Crippen LogP contribution in [0.5, 0.6) is 17.2 Å². The molecule has 0 heterocycles. The van der Waals surface area contributed by atoms with Gasteiger partial charge < -0.3 is 15.3 Å². The SMILES string of the molecule is Oc1ccc(CCCCCCCCCc2c(O)cccc2O)cc1. The Morgan fingerprint density at radius 3 is 1.62 bits per heavy atom. The van der Waals surface area contributed by atoms with E-state index in [9.17, 15) is 15.3 Å². The molecule has 0 aliphatic heterocycles. The third-order valence-corrected chi connectivity index (χ3v) is 4.46. The molecule has 2 aromatic carbocycles. The van der Waals surface area contributed by atoms with Crippen LogP contribution in [0.3, 0.4) is 0 Å². The van der Waals surface area contributed by atoms with E-state index in [1.54, 1.807) is 30.3 Å². The van der Waals surface area contributed by atoms with E-state index in [4.69, 9.17) is 0 Å². The maximum atomic E-state index is 9.73. The second-order valence-corrected chi connectivity index (χ2v) is 6.42. The highest BCUT2D eigenvalue weighted by Crippen LogP contribution is 2.28. The standard InChI is InChI=1S/C21H28O3/c22-18-15-13-17(14-16-18)9-6-4-2-1-3-5-7-10-19-20(23)11-8-12-21(19)24/h8,11-16,22-24H,1-7,9-10H2. The lowest BCUT2D eigenvalue weighted by Crippen LogP contribution is -1.89. The molecule has 130 valence electrons. The van der Waals surface area contributed by atoms with Gasteiger partial charge in [0.2, 0.25) is 0 Å². The van der Waals surface area contributed by atoms with Crippen molar-refractivity contribution in [2.45, 2.75) is 57.8 Å². The Morgan fingerprint density at radius 1 is 0.542 bits per heavy atom. The number of hydrogen-bond donors (Lipinski definition) is 3. The van der Waals surface area contributed by atoms with E-state index in [1.807, 2.05) is 12.1 Å². The van der Waals surface area contributed by atoms with E-state index in [0.717, 1.165) is 25.7 Å². The average Bonchev–Trinajstić information content (AvgIpc) is 2.57. The minimum atomic E-state index is 0.198. The Balaban J connectivity index is 1.49. The number of hydrogen-bond acceptors (Lipinski definition) is 3. The summed E-state index contributed by atoms with van der Waals surface area (Å²) in [5.74, 6) is 0.726. The summed E-state index contributed by atoms with van der Waals surface area (Å²) in [4.78, 5) is 0. The first-order valence-corrected chi connectivity index (χ1v) is 8.94. The molecule has 24 heavy (non-hydrogen) atoms. The predicted molar refractivity (Wildman–Crippen MR) is 97.6 cm³/mol. The van der Waals surface area contributed by atoms with Crippen LogP contribution in [0.2, 0.25) is 0 Å². The van der Waals surface area contributed by atoms with Gasteiger partial charge in [-0.25, -0.2) is 0 Å². The third-order valence-electron chi connectivity index (χ3n) is 4.46. The number of aryl methyl sites for hydroxylation is 1. The molecule has 3 nitrogen and oxygen atoms in total. The van der Waals surface area contributed by atoms with Crippen LogP contribution in [0.15, 0.2) is 42.5 Å². The highest BCUT2D eigenvalue weighted by Gasteiger charge is 2.05. The smallest absolute Gasteiger partial charge is 0.122 e. The molecule has 2 rings (SSSR count). The van der Waals surface area contributed by atoms with Gasteiger partial charge in [0.15, 0.2) is 0 Å². The molecule has 0 radical (unpaired) electrons. The van der Waals surface area contributed by atoms with Crippen molar-refractivity contribution in [1.82, 2.24) is 0 Å². The number of phenols is 3. The van der Waals surface area contributed by atoms with Gasteiger partial charge in [-0.15, -0.1) is 0 Å². The van der Waals surface area contributed by atoms with Crippen LogP contribution < -0.4 is 0 Å². The van der Waals surface area contributed by atoms with Gasteiger partial charge in [-0.3, -0.25) is 0 Å². The third kappa shape index (κ3) is 6.15. The largest absolute Gasteiger partial charge is 0.508 e. The molecule has 2 aromatic rings. The molecule has 0 atom stereocenters. The van der Waals surface area contributed by atoms with E-state index in [-0.39, 0.29) is 11.5 Å². The van der Waals surface area contributed by atoms with Gasteiger partial charge in [-0.1, -0.05) is 50.3 Å². The van der Waals surface area contributed by atoms with Gasteiger partial charge in [0, 0.05) is 5.56 Å². The normalized spacial score (nSPS) is 10.8. The summed E-state index contributed by atoms with van der Waals surface area (Å²) < 4.78 is 0. The zero-order valence-corrected chi connectivity index (χ0v) is 14.2. The summed E-state index contributed by atoms with van der Waals surface area (Å²) in [6.45, 7) is 0. The maximum Gasteiger partial charge on any atom is 0.122 e. The zero-order valence-electron chi connectivity index (χ0n) is 14.2. The van der Waals surface area contributed by atoms with Crippen molar-refractivity contribution < 1.29 is 15.3 Å². The van der Waals surface area contributed by atoms with Gasteiger partial charge >= 0.3 is 0 Å². The van der Waals surface area contributed by atoms with Gasteiger partial charge in [0.1, 0.15) is 17.2 Å². The van der Waals surface area contributed by atoms with Crippen molar-refractivity contribution in [3.05, 3.63) is 53.6 Å². The summed E-state index contributed by atoms with van der Waals surface area (Å²) >= 11 is 0. The number of rotatable bonds is 10. The van der Waals surface area contributed by atoms with Crippen molar-refractivity contribution in [3.63, 3.8) is 0 Å². The van der Waals surface area contributed by atoms with Gasteiger partial charge in [0.05, 0.1) is 0 Å². The minimum Gasteiger partial charge on any atom is -0.508 e. The Labute approximate surface area is 144 Å². The van der Waals surface area contributed by atoms with E-state index < -0.39 is 0 Å². The molecule has 0 unspecified atom stereocenters. The van der Waals surface area contributed by atoms with Crippen LogP contribution in [-0.4, -0.2) is 15.3 Å². The van der Waals surface area contributed by atoms with Crippen molar-refractivity contribution in [3.8, 4) is 17.2 Å². The highest BCUT2D eigenvalue weighted by atomic mass is 16.3. The highest BCUT2D eigenvalue weighted by molar-refractivity contribution is 5.42. The summed E-state index contributed by atoms with van der Waals surface area (Å²) in [5, 5.41) is 28.7. The molecule has 0 spiro atoms. The van der Waals surface area contributed by atoms with E-state index in [2.05, 4.69) is 0 Å². The maximum absolute atomic E-state index is 9.73. The number of benzene rings is 2. The molecular formula is C21H28O3. The van der Waals surface area contributed by atoms with Crippen LogP contribution in [0.25, 0.3) is 0 Å². The second-order valence-electron chi connectivity index (χ2n) is 6.42. The van der Waals surface area contributed by atoms with Crippen molar-refractivity contribution in [2.75, 3.05) is 0 Å². The molecule has 0 aromatic heterocycles. The summed E-state index contributed by atoms with van der Waals surface area (Å²) in [6.07, 6.45) is 10.1. The van der Waals surface area contributed by atoms with Crippen LogP contribution in [-0.2, 0) is 12.8 Å². The molecule has 0 saturated heterocycles. The lowest BCUT2D eigenvalue weighted by atomic mass is 10.0. The topological polar surface area (TPSA) is 60.7 Å². The quantitative estimate of drug-likeness (QED) is 0.517. The monoisotopic (exact) mass is 328 g/mol. The van der Waals surface area contributed by atoms with E-state index >= 15 is 0 Å². The van der Waals surface area contributed by atoms with E-state index in [1.165, 1.54) is 37.7 Å². The first-order chi connectivity index (χ1) is 11.7. The lowest BCUT2D eigenvalue weighted by Gasteiger charge is -2.07. The fourth-order valence-corrected chi connectivity index (χ4v) is 3.00. The van der Waals surface area contributed by atoms with Crippen molar-refractivity contribution >= 4 is 0 Å². The molecule has 0 aliphatic rings. The molecular weight excluding hydrogens is 300 g/mol. The molecule has 0 saturated carbocycles. The average molecular weight is 328 g/mol. The fourth-order valence-electron chi connectivity index (χ4n) is 3.00. The van der Waals surface area contributed by atoms with Crippen LogP contribution in [0.1, 0.15) is 56.1 Å². The number of unbranched alkanes of at least 4 members (excludes halogenated alkanes) is 6. The van der Waals surface area contributed by atoms with Crippen LogP contribution in [0.4, 0.5) is 0 Å². The molecule has 0 aliphatic carbocycles. The first kappa shape index (κ1) is 18.2. The molecule has 0 fully saturated rings. The van der Waals surface area contributed by atoms with Crippen molar-refractivity contribution in [1.29, 1.82) is 0 Å².